The van der Waals surface area contributed by atoms with Gasteiger partial charge in [-0.25, -0.2) is 8.42 Å². The van der Waals surface area contributed by atoms with Crippen molar-refractivity contribution in [2.45, 2.75) is 44.3 Å². The van der Waals surface area contributed by atoms with Gasteiger partial charge in [0.25, 0.3) is 10.0 Å². The normalized spacial score (nSPS) is 11.3. The number of carbonyl (C=O) groups is 1. The van der Waals surface area contributed by atoms with Crippen LogP contribution in [0.5, 0.6) is 0 Å². The van der Waals surface area contributed by atoms with E-state index in [1.165, 1.54) is 15.4 Å². The molecule has 186 valence electrons. The minimum Gasteiger partial charge on any atom is -0.354 e. The molecule has 0 aromatic heterocycles. The second kappa shape index (κ2) is 12.8. The molecule has 3 aromatic carbocycles. The summed E-state index contributed by atoms with van der Waals surface area (Å²) in [4.78, 5) is 13.0. The van der Waals surface area contributed by atoms with Crippen molar-refractivity contribution in [1.29, 1.82) is 0 Å². The van der Waals surface area contributed by atoms with Gasteiger partial charge < -0.3 is 5.32 Å². The van der Waals surface area contributed by atoms with Crippen molar-refractivity contribution >= 4 is 33.4 Å². The lowest BCUT2D eigenvalue weighted by atomic mass is 10.1. The van der Waals surface area contributed by atoms with Gasteiger partial charge in [-0.05, 0) is 67.3 Å². The third kappa shape index (κ3) is 7.36. The van der Waals surface area contributed by atoms with Crippen LogP contribution in [0.4, 0.5) is 5.69 Å². The van der Waals surface area contributed by atoms with E-state index in [0.29, 0.717) is 18.7 Å². The zero-order valence-electron chi connectivity index (χ0n) is 20.7. The molecule has 0 aliphatic heterocycles. The second-order valence-electron chi connectivity index (χ2n) is 8.49. The molecule has 0 aliphatic carbocycles. The van der Waals surface area contributed by atoms with Crippen molar-refractivity contribution in [2.75, 3.05) is 23.1 Å². The lowest BCUT2D eigenvalue weighted by Crippen LogP contribution is -2.41. The number of thioether (sulfide) groups is 1. The fraction of sp³-hybridized carbons (Fsp3) is 0.321. The van der Waals surface area contributed by atoms with E-state index >= 15 is 0 Å². The summed E-state index contributed by atoms with van der Waals surface area (Å²) in [5, 5.41) is 2.90. The molecule has 0 spiro atoms. The molecular weight excluding hydrogens is 476 g/mol. The minimum absolute atomic E-state index is 0.175. The highest BCUT2D eigenvalue weighted by Gasteiger charge is 2.28. The summed E-state index contributed by atoms with van der Waals surface area (Å²) in [7, 11) is -3.90. The molecule has 0 heterocycles. The summed E-state index contributed by atoms with van der Waals surface area (Å²) in [6.07, 6.45) is 1.48. The monoisotopic (exact) mass is 510 g/mol. The molecule has 7 heteroatoms. The first kappa shape index (κ1) is 26.8. The molecular formula is C28H34N2O3S2. The zero-order chi connectivity index (χ0) is 25.3. The maximum atomic E-state index is 13.6. The zero-order valence-corrected chi connectivity index (χ0v) is 22.3. The molecule has 0 bridgehead atoms. The number of nitrogens with one attached hydrogen (secondary N) is 1. The van der Waals surface area contributed by atoms with Crippen LogP contribution in [-0.2, 0) is 27.0 Å². The van der Waals surface area contributed by atoms with Crippen LogP contribution in [0.2, 0.25) is 0 Å². The molecule has 3 rings (SSSR count). The van der Waals surface area contributed by atoms with Gasteiger partial charge in [-0.2, -0.15) is 11.8 Å². The summed E-state index contributed by atoms with van der Waals surface area (Å²) in [6.45, 7) is 6.25. The minimum atomic E-state index is -3.90. The van der Waals surface area contributed by atoms with E-state index < -0.39 is 10.0 Å². The van der Waals surface area contributed by atoms with E-state index in [1.54, 1.807) is 36.4 Å². The number of para-hydroxylation sites is 1. The van der Waals surface area contributed by atoms with Gasteiger partial charge in [0.05, 0.1) is 10.6 Å². The van der Waals surface area contributed by atoms with Gasteiger partial charge in [0.2, 0.25) is 5.91 Å². The average molecular weight is 511 g/mol. The Balaban J connectivity index is 1.63. The highest BCUT2D eigenvalue weighted by molar-refractivity contribution is 7.98. The van der Waals surface area contributed by atoms with Gasteiger partial charge in [-0.3, -0.25) is 9.10 Å². The number of amides is 1. The number of carbonyl (C=O) groups excluding carboxylic acids is 1. The van der Waals surface area contributed by atoms with Crippen molar-refractivity contribution in [1.82, 2.24) is 5.32 Å². The van der Waals surface area contributed by atoms with E-state index in [-0.39, 0.29) is 17.3 Å². The molecule has 35 heavy (non-hydrogen) atoms. The lowest BCUT2D eigenvalue weighted by Gasteiger charge is -2.26. The van der Waals surface area contributed by atoms with Crippen LogP contribution in [-0.4, -0.2) is 33.2 Å². The number of sulfonamides is 1. The van der Waals surface area contributed by atoms with Crippen LogP contribution in [0.15, 0.2) is 77.7 Å². The molecule has 0 unspecified atom stereocenters. The molecule has 1 N–H and O–H groups in total. The van der Waals surface area contributed by atoms with E-state index in [2.05, 4.69) is 30.4 Å². The van der Waals surface area contributed by atoms with Crippen molar-refractivity contribution in [2.24, 2.45) is 0 Å². The van der Waals surface area contributed by atoms with Crippen molar-refractivity contribution in [3.05, 3.63) is 95.1 Å². The first-order valence-electron chi connectivity index (χ1n) is 11.9. The Hall–Kier alpha value is -2.77. The van der Waals surface area contributed by atoms with Gasteiger partial charge >= 0.3 is 0 Å². The molecule has 3 aromatic rings. The SMILES string of the molecule is CCc1ccccc1N(CC(=O)NCCCSCc1ccccc1C)S(=O)(=O)c1ccc(C)cc1. The van der Waals surface area contributed by atoms with E-state index in [0.717, 1.165) is 29.1 Å². The predicted molar refractivity (Wildman–Crippen MR) is 146 cm³/mol. The number of nitrogens with zero attached hydrogens (tertiary/aromatic N) is 1. The van der Waals surface area contributed by atoms with Crippen molar-refractivity contribution in [3.63, 3.8) is 0 Å². The van der Waals surface area contributed by atoms with Crippen LogP contribution < -0.4 is 9.62 Å². The van der Waals surface area contributed by atoms with Crippen LogP contribution in [0.25, 0.3) is 0 Å². The van der Waals surface area contributed by atoms with Gasteiger partial charge in [-0.1, -0.05) is 67.1 Å². The third-order valence-corrected chi connectivity index (χ3v) is 8.71. The first-order valence-corrected chi connectivity index (χ1v) is 14.5. The number of rotatable bonds is 12. The molecule has 0 saturated heterocycles. The second-order valence-corrected chi connectivity index (χ2v) is 11.5. The predicted octanol–water partition coefficient (Wildman–Crippen LogP) is 5.50. The summed E-state index contributed by atoms with van der Waals surface area (Å²) < 4.78 is 28.4. The van der Waals surface area contributed by atoms with Gasteiger partial charge in [0.15, 0.2) is 0 Å². The summed E-state index contributed by atoms with van der Waals surface area (Å²) in [5.41, 5.74) is 5.01. The molecule has 0 atom stereocenters. The highest BCUT2D eigenvalue weighted by Crippen LogP contribution is 2.27. The number of anilines is 1. The van der Waals surface area contributed by atoms with Crippen molar-refractivity contribution < 1.29 is 13.2 Å². The molecule has 5 nitrogen and oxygen atoms in total. The fourth-order valence-electron chi connectivity index (χ4n) is 3.73. The maximum absolute atomic E-state index is 13.6. The van der Waals surface area contributed by atoms with Crippen molar-refractivity contribution in [3.8, 4) is 0 Å². The molecule has 0 aliphatic rings. The first-order chi connectivity index (χ1) is 16.8. The molecule has 0 saturated carbocycles. The number of hydrogen-bond acceptors (Lipinski definition) is 4. The smallest absolute Gasteiger partial charge is 0.264 e. The Morgan fingerprint density at radius 3 is 2.26 bits per heavy atom. The van der Waals surface area contributed by atoms with Crippen LogP contribution in [0.1, 0.15) is 35.6 Å². The fourth-order valence-corrected chi connectivity index (χ4v) is 6.23. The summed E-state index contributed by atoms with van der Waals surface area (Å²) in [6, 6.07) is 22.4. The molecule has 0 radical (unpaired) electrons. The lowest BCUT2D eigenvalue weighted by molar-refractivity contribution is -0.119. The topological polar surface area (TPSA) is 66.5 Å². The quantitative estimate of drug-likeness (QED) is 0.327. The van der Waals surface area contributed by atoms with E-state index in [4.69, 9.17) is 0 Å². The van der Waals surface area contributed by atoms with E-state index in [9.17, 15) is 13.2 Å². The summed E-state index contributed by atoms with van der Waals surface area (Å²) >= 11 is 1.83. The van der Waals surface area contributed by atoms with Gasteiger partial charge in [0, 0.05) is 12.3 Å². The Morgan fingerprint density at radius 2 is 1.57 bits per heavy atom. The largest absolute Gasteiger partial charge is 0.354 e. The Labute approximate surface area is 214 Å². The van der Waals surface area contributed by atoms with Gasteiger partial charge in [-0.15, -0.1) is 0 Å². The average Bonchev–Trinajstić information content (AvgIpc) is 2.86. The highest BCUT2D eigenvalue weighted by atomic mass is 32.2. The standard InChI is InChI=1S/C28H34N2O3S2/c1-4-24-11-7-8-13-27(24)30(35(32,33)26-16-14-22(2)15-17-26)20-28(31)29-18-9-19-34-21-25-12-6-5-10-23(25)3/h5-8,10-17H,4,9,18-21H2,1-3H3,(H,29,31). The Morgan fingerprint density at radius 1 is 0.914 bits per heavy atom. The number of hydrogen-bond donors (Lipinski definition) is 1. The van der Waals surface area contributed by atoms with E-state index in [1.807, 2.05) is 43.8 Å². The van der Waals surface area contributed by atoms with Crippen LogP contribution >= 0.6 is 11.8 Å². The van der Waals surface area contributed by atoms with Crippen LogP contribution in [0.3, 0.4) is 0 Å². The van der Waals surface area contributed by atoms with Gasteiger partial charge in [0.1, 0.15) is 6.54 Å². The summed E-state index contributed by atoms with van der Waals surface area (Å²) in [5.74, 6) is 1.55. The number of aryl methyl sites for hydroxylation is 3. The third-order valence-electron chi connectivity index (χ3n) is 5.84. The molecule has 1 amide bonds. The molecule has 0 fully saturated rings. The van der Waals surface area contributed by atoms with Crippen LogP contribution in [0, 0.1) is 13.8 Å². The number of benzene rings is 3. The Kier molecular flexibility index (Phi) is 9.81. The Bertz CT molecular complexity index is 1220. The maximum Gasteiger partial charge on any atom is 0.264 e.